The predicted octanol–water partition coefficient (Wildman–Crippen LogP) is 2.49. The molecule has 2 heteroatoms. The van der Waals surface area contributed by atoms with Gasteiger partial charge in [0.15, 0.2) is 0 Å². The topological polar surface area (TPSA) is 9.23 Å². The Bertz CT molecular complexity index is 223. The molecule has 0 saturated carbocycles. The zero-order chi connectivity index (χ0) is 8.10. The van der Waals surface area contributed by atoms with Crippen molar-refractivity contribution in [1.82, 2.24) is 0 Å². The zero-order valence-electron chi connectivity index (χ0n) is 6.22. The first-order valence-corrected chi connectivity index (χ1v) is 3.98. The predicted molar refractivity (Wildman–Crippen MR) is 47.1 cm³/mol. The Labute approximate surface area is 71.9 Å². The zero-order valence-corrected chi connectivity index (χ0v) is 6.97. The van der Waals surface area contributed by atoms with Crippen molar-refractivity contribution in [2.75, 3.05) is 12.5 Å². The third-order valence-corrected chi connectivity index (χ3v) is 1.46. The van der Waals surface area contributed by atoms with Gasteiger partial charge >= 0.3 is 0 Å². The quantitative estimate of drug-likeness (QED) is 0.632. The van der Waals surface area contributed by atoms with Gasteiger partial charge < -0.3 is 4.74 Å². The SMILES string of the molecule is [CH2]c1ccccc1OCCCl. The second kappa shape index (κ2) is 4.24. The van der Waals surface area contributed by atoms with E-state index in [1.807, 2.05) is 24.3 Å². The van der Waals surface area contributed by atoms with Crippen molar-refractivity contribution in [3.05, 3.63) is 36.8 Å². The number of alkyl halides is 1. The molecule has 1 aromatic carbocycles. The number of ether oxygens (including phenoxy) is 1. The number of hydrogen-bond acceptors (Lipinski definition) is 1. The Morgan fingerprint density at radius 1 is 1.36 bits per heavy atom. The van der Waals surface area contributed by atoms with Crippen LogP contribution in [-0.4, -0.2) is 12.5 Å². The second-order valence-corrected chi connectivity index (χ2v) is 2.52. The lowest BCUT2D eigenvalue weighted by molar-refractivity contribution is 0.341. The van der Waals surface area contributed by atoms with Crippen LogP contribution in [0.2, 0.25) is 0 Å². The van der Waals surface area contributed by atoms with Crippen LogP contribution in [0.25, 0.3) is 0 Å². The van der Waals surface area contributed by atoms with Crippen molar-refractivity contribution in [2.24, 2.45) is 0 Å². The van der Waals surface area contributed by atoms with Crippen LogP contribution < -0.4 is 4.74 Å². The molecule has 0 aliphatic carbocycles. The number of benzene rings is 1. The molecule has 0 N–H and O–H groups in total. The van der Waals surface area contributed by atoms with E-state index >= 15 is 0 Å². The van der Waals surface area contributed by atoms with Crippen LogP contribution >= 0.6 is 11.6 Å². The van der Waals surface area contributed by atoms with Gasteiger partial charge in [-0.05, 0) is 18.6 Å². The van der Waals surface area contributed by atoms with Crippen molar-refractivity contribution >= 4 is 11.6 Å². The van der Waals surface area contributed by atoms with E-state index in [4.69, 9.17) is 16.3 Å². The van der Waals surface area contributed by atoms with Crippen molar-refractivity contribution in [1.29, 1.82) is 0 Å². The van der Waals surface area contributed by atoms with Crippen LogP contribution in [-0.2, 0) is 0 Å². The molecule has 1 radical (unpaired) electrons. The van der Waals surface area contributed by atoms with Gasteiger partial charge in [0.2, 0.25) is 0 Å². The summed E-state index contributed by atoms with van der Waals surface area (Å²) < 4.78 is 5.29. The van der Waals surface area contributed by atoms with Crippen molar-refractivity contribution < 1.29 is 4.74 Å². The summed E-state index contributed by atoms with van der Waals surface area (Å²) in [4.78, 5) is 0. The van der Waals surface area contributed by atoms with Gasteiger partial charge in [-0.15, -0.1) is 11.6 Å². The van der Waals surface area contributed by atoms with Crippen LogP contribution in [0.3, 0.4) is 0 Å². The minimum absolute atomic E-state index is 0.508. The molecule has 0 atom stereocenters. The van der Waals surface area contributed by atoms with E-state index in [1.165, 1.54) is 0 Å². The molecule has 0 saturated heterocycles. The summed E-state index contributed by atoms with van der Waals surface area (Å²) >= 11 is 5.46. The molecule has 0 heterocycles. The third kappa shape index (κ3) is 2.43. The Morgan fingerprint density at radius 2 is 2.09 bits per heavy atom. The largest absolute Gasteiger partial charge is 0.492 e. The maximum absolute atomic E-state index is 5.46. The molecular formula is C9H10ClO. The summed E-state index contributed by atoms with van der Waals surface area (Å²) in [6, 6.07) is 7.63. The maximum atomic E-state index is 5.46. The van der Waals surface area contributed by atoms with Crippen LogP contribution in [0.15, 0.2) is 24.3 Å². The Hall–Kier alpha value is -0.690. The molecule has 11 heavy (non-hydrogen) atoms. The van der Waals surface area contributed by atoms with Gasteiger partial charge in [-0.2, -0.15) is 0 Å². The van der Waals surface area contributed by atoms with E-state index in [9.17, 15) is 0 Å². The summed E-state index contributed by atoms with van der Waals surface area (Å²) in [5, 5.41) is 0. The summed E-state index contributed by atoms with van der Waals surface area (Å²) in [7, 11) is 0. The first-order valence-electron chi connectivity index (χ1n) is 3.44. The highest BCUT2D eigenvalue weighted by Crippen LogP contribution is 2.15. The van der Waals surface area contributed by atoms with Crippen molar-refractivity contribution in [3.63, 3.8) is 0 Å². The smallest absolute Gasteiger partial charge is 0.122 e. The van der Waals surface area contributed by atoms with Gasteiger partial charge in [0.05, 0.1) is 5.88 Å². The number of hydrogen-bond donors (Lipinski definition) is 0. The van der Waals surface area contributed by atoms with E-state index in [2.05, 4.69) is 6.92 Å². The molecule has 0 aliphatic heterocycles. The molecule has 0 aromatic heterocycles. The molecule has 1 rings (SSSR count). The molecule has 59 valence electrons. The molecule has 0 amide bonds. The number of rotatable bonds is 3. The number of para-hydroxylation sites is 1. The minimum Gasteiger partial charge on any atom is -0.492 e. The van der Waals surface area contributed by atoms with E-state index in [0.717, 1.165) is 11.3 Å². The summed E-state index contributed by atoms with van der Waals surface area (Å²) in [5.74, 6) is 1.32. The summed E-state index contributed by atoms with van der Waals surface area (Å²) in [5.41, 5.74) is 0.901. The fourth-order valence-electron chi connectivity index (χ4n) is 0.793. The Balaban J connectivity index is 2.62. The third-order valence-electron chi connectivity index (χ3n) is 1.31. The first kappa shape index (κ1) is 8.41. The summed E-state index contributed by atoms with van der Waals surface area (Å²) in [6.07, 6.45) is 0. The van der Waals surface area contributed by atoms with Gasteiger partial charge in [0.25, 0.3) is 0 Å². The molecular weight excluding hydrogens is 160 g/mol. The van der Waals surface area contributed by atoms with E-state index in [0.29, 0.717) is 12.5 Å². The molecule has 0 aliphatic rings. The fourth-order valence-corrected chi connectivity index (χ4v) is 0.870. The highest BCUT2D eigenvalue weighted by molar-refractivity contribution is 6.18. The van der Waals surface area contributed by atoms with Gasteiger partial charge in [-0.25, -0.2) is 0 Å². The molecule has 0 unspecified atom stereocenters. The maximum Gasteiger partial charge on any atom is 0.122 e. The Kier molecular flexibility index (Phi) is 3.24. The minimum atomic E-state index is 0.508. The van der Waals surface area contributed by atoms with Gasteiger partial charge in [-0.3, -0.25) is 0 Å². The van der Waals surface area contributed by atoms with Crippen molar-refractivity contribution in [2.45, 2.75) is 0 Å². The van der Waals surface area contributed by atoms with E-state index < -0.39 is 0 Å². The van der Waals surface area contributed by atoms with Gasteiger partial charge in [0, 0.05) is 0 Å². The first-order chi connectivity index (χ1) is 5.34. The molecule has 1 nitrogen and oxygen atoms in total. The standard InChI is InChI=1S/C9H10ClO/c1-8-4-2-3-5-9(8)11-7-6-10/h2-5H,1,6-7H2. The lowest BCUT2D eigenvalue weighted by Crippen LogP contribution is -1.98. The average Bonchev–Trinajstić information content (AvgIpc) is 2.03. The van der Waals surface area contributed by atoms with Crippen LogP contribution in [0.5, 0.6) is 5.75 Å². The van der Waals surface area contributed by atoms with Crippen molar-refractivity contribution in [3.8, 4) is 5.75 Å². The van der Waals surface area contributed by atoms with Crippen LogP contribution in [0.1, 0.15) is 5.56 Å². The van der Waals surface area contributed by atoms with E-state index in [-0.39, 0.29) is 0 Å². The average molecular weight is 170 g/mol. The monoisotopic (exact) mass is 169 g/mol. The molecule has 1 aromatic rings. The second-order valence-electron chi connectivity index (χ2n) is 2.15. The fraction of sp³-hybridized carbons (Fsp3) is 0.222. The van der Waals surface area contributed by atoms with Gasteiger partial charge in [-0.1, -0.05) is 18.2 Å². The number of halogens is 1. The highest BCUT2D eigenvalue weighted by Gasteiger charge is 1.94. The lowest BCUT2D eigenvalue weighted by atomic mass is 10.2. The van der Waals surface area contributed by atoms with Crippen LogP contribution in [0, 0.1) is 6.92 Å². The van der Waals surface area contributed by atoms with E-state index in [1.54, 1.807) is 0 Å². The highest BCUT2D eigenvalue weighted by atomic mass is 35.5. The van der Waals surface area contributed by atoms with Crippen LogP contribution in [0.4, 0.5) is 0 Å². The lowest BCUT2D eigenvalue weighted by Gasteiger charge is -2.05. The molecule has 0 fully saturated rings. The summed E-state index contributed by atoms with van der Waals surface area (Å²) in [6.45, 7) is 4.34. The van der Waals surface area contributed by atoms with Gasteiger partial charge in [0.1, 0.15) is 12.4 Å². The normalized spacial score (nSPS) is 9.64. The molecule has 0 spiro atoms. The Morgan fingerprint density at radius 3 is 2.73 bits per heavy atom. The molecule has 0 bridgehead atoms.